The van der Waals surface area contributed by atoms with Crippen molar-refractivity contribution in [3.8, 4) is 0 Å². The van der Waals surface area contributed by atoms with Gasteiger partial charge in [-0.05, 0) is 74.8 Å². The molecule has 2 heterocycles. The molecule has 2 aromatic carbocycles. The van der Waals surface area contributed by atoms with E-state index in [1.807, 2.05) is 41.3 Å². The number of esters is 1. The van der Waals surface area contributed by atoms with E-state index >= 15 is 0 Å². The molecule has 2 amide bonds. The second-order valence-electron chi connectivity index (χ2n) is 11.0. The maximum atomic E-state index is 14.2. The zero-order valence-electron chi connectivity index (χ0n) is 23.2. The number of benzene rings is 2. The van der Waals surface area contributed by atoms with E-state index in [1.165, 1.54) is 6.42 Å². The molecule has 2 aliphatic rings. The largest absolute Gasteiger partial charge is 0.461 e. The van der Waals surface area contributed by atoms with Crippen molar-refractivity contribution >= 4 is 34.4 Å². The highest BCUT2D eigenvalue weighted by Crippen LogP contribution is 2.39. The average molecular weight is 530 g/mol. The first-order chi connectivity index (χ1) is 18.9. The molecular weight excluding hydrogens is 490 g/mol. The fourth-order valence-electron chi connectivity index (χ4n) is 6.42. The predicted molar refractivity (Wildman–Crippen MR) is 153 cm³/mol. The number of likely N-dealkylation sites (tertiary alicyclic amines) is 1. The molecular formula is C32H39N3O4. The Balaban J connectivity index is 1.42. The fourth-order valence-corrected chi connectivity index (χ4v) is 6.42. The Morgan fingerprint density at radius 1 is 0.974 bits per heavy atom. The molecule has 1 N–H and O–H groups in total. The molecule has 0 radical (unpaired) electrons. The lowest BCUT2D eigenvalue weighted by molar-refractivity contribution is -0.142. The van der Waals surface area contributed by atoms with E-state index in [0.717, 1.165) is 54.3 Å². The molecule has 1 aliphatic heterocycles. The van der Waals surface area contributed by atoms with Crippen LogP contribution in [0.15, 0.2) is 54.6 Å². The van der Waals surface area contributed by atoms with Crippen LogP contribution in [0.4, 0.5) is 5.69 Å². The summed E-state index contributed by atoms with van der Waals surface area (Å²) in [6.07, 6.45) is 5.93. The lowest BCUT2D eigenvalue weighted by Crippen LogP contribution is -2.50. The number of likely N-dealkylation sites (N-methyl/N-ethyl adjacent to an activating group) is 1. The zero-order valence-corrected chi connectivity index (χ0v) is 23.2. The fraction of sp³-hybridized carbons (Fsp3) is 0.469. The van der Waals surface area contributed by atoms with Crippen LogP contribution in [0.3, 0.4) is 0 Å². The molecule has 1 saturated carbocycles. The molecule has 0 bridgehead atoms. The van der Waals surface area contributed by atoms with Gasteiger partial charge in [0, 0.05) is 42.0 Å². The number of hydrogen-bond donors (Lipinski definition) is 1. The number of H-pyrrole nitrogens is 1. The molecule has 1 aliphatic carbocycles. The number of amides is 2. The highest BCUT2D eigenvalue weighted by molar-refractivity contribution is 6.02. The Hall–Kier alpha value is -3.61. The minimum absolute atomic E-state index is 0.000401. The van der Waals surface area contributed by atoms with Crippen LogP contribution < -0.4 is 4.90 Å². The third kappa shape index (κ3) is 5.45. The molecule has 1 saturated heterocycles. The second-order valence-corrected chi connectivity index (χ2v) is 11.0. The third-order valence-corrected chi connectivity index (χ3v) is 8.75. The van der Waals surface area contributed by atoms with E-state index in [0.29, 0.717) is 24.8 Å². The Morgan fingerprint density at radius 2 is 1.72 bits per heavy atom. The summed E-state index contributed by atoms with van der Waals surface area (Å²) in [7, 11) is 1.78. The Kier molecular flexibility index (Phi) is 8.05. The summed E-state index contributed by atoms with van der Waals surface area (Å²) in [5, 5.41) is 0.821. The van der Waals surface area contributed by atoms with Crippen LogP contribution in [0.25, 0.3) is 10.9 Å². The number of nitrogens with one attached hydrogen (secondary N) is 1. The van der Waals surface area contributed by atoms with Crippen molar-refractivity contribution in [3.63, 3.8) is 0 Å². The van der Waals surface area contributed by atoms with Crippen LogP contribution in [0.5, 0.6) is 0 Å². The summed E-state index contributed by atoms with van der Waals surface area (Å²) in [6.45, 7) is 4.89. The number of fused-ring (bicyclic) bond motifs is 1. The van der Waals surface area contributed by atoms with Gasteiger partial charge in [0.05, 0.1) is 6.61 Å². The van der Waals surface area contributed by atoms with E-state index in [9.17, 15) is 14.4 Å². The third-order valence-electron chi connectivity index (χ3n) is 8.75. The predicted octanol–water partition coefficient (Wildman–Crippen LogP) is 5.91. The molecule has 0 spiro atoms. The van der Waals surface area contributed by atoms with E-state index in [2.05, 4.69) is 24.0 Å². The quantitative estimate of drug-likeness (QED) is 0.386. The first kappa shape index (κ1) is 27.0. The van der Waals surface area contributed by atoms with Gasteiger partial charge in [-0.25, -0.2) is 4.79 Å². The van der Waals surface area contributed by atoms with Crippen LogP contribution in [-0.2, 0) is 14.3 Å². The van der Waals surface area contributed by atoms with Gasteiger partial charge in [-0.2, -0.15) is 0 Å². The number of anilines is 1. The molecule has 206 valence electrons. The number of hydrogen-bond acceptors (Lipinski definition) is 4. The van der Waals surface area contributed by atoms with Crippen LogP contribution in [0.1, 0.15) is 74.3 Å². The van der Waals surface area contributed by atoms with E-state index in [1.54, 1.807) is 24.9 Å². The topological polar surface area (TPSA) is 82.7 Å². The van der Waals surface area contributed by atoms with E-state index in [4.69, 9.17) is 4.74 Å². The van der Waals surface area contributed by atoms with Crippen LogP contribution in [0.2, 0.25) is 0 Å². The van der Waals surface area contributed by atoms with Crippen molar-refractivity contribution in [2.45, 2.75) is 64.3 Å². The molecule has 5 rings (SSSR count). The maximum absolute atomic E-state index is 14.2. The monoisotopic (exact) mass is 529 g/mol. The van der Waals surface area contributed by atoms with Gasteiger partial charge in [-0.3, -0.25) is 9.59 Å². The van der Waals surface area contributed by atoms with Crippen LogP contribution in [0, 0.1) is 11.8 Å². The van der Waals surface area contributed by atoms with Gasteiger partial charge < -0.3 is 19.5 Å². The minimum atomic E-state index is -0.550. The molecule has 1 aromatic heterocycles. The van der Waals surface area contributed by atoms with Gasteiger partial charge in [-0.15, -0.1) is 0 Å². The normalized spacial score (nSPS) is 23.1. The van der Waals surface area contributed by atoms with Gasteiger partial charge in [-0.1, -0.05) is 43.7 Å². The summed E-state index contributed by atoms with van der Waals surface area (Å²) in [6, 6.07) is 16.9. The standard InChI is InChI=1S/C32H39N3O4/c1-4-21-11-13-23(14-12-21)30(36)35-18-17-26(22-9-7-6-8-10-22)29(35)31(37)34(3)25-15-16-27-24(19-25)20-28(33-27)32(38)39-5-2/h6-10,15-16,19-21,23,26,29,33H,4-5,11-14,17-18H2,1-3H3/t21-,23-,26?,29-/m0/s1. The number of rotatable bonds is 7. The summed E-state index contributed by atoms with van der Waals surface area (Å²) >= 11 is 0. The molecule has 2 fully saturated rings. The highest BCUT2D eigenvalue weighted by atomic mass is 16.5. The lowest BCUT2D eigenvalue weighted by atomic mass is 9.80. The van der Waals surface area contributed by atoms with E-state index < -0.39 is 12.0 Å². The van der Waals surface area contributed by atoms with Crippen LogP contribution in [-0.4, -0.2) is 53.9 Å². The molecule has 2 atom stereocenters. The number of aromatic amines is 1. The number of carbonyl (C=O) groups is 3. The Labute approximate surface area is 230 Å². The van der Waals surface area contributed by atoms with Crippen molar-refractivity contribution in [3.05, 3.63) is 65.9 Å². The van der Waals surface area contributed by atoms with Crippen molar-refractivity contribution in [1.82, 2.24) is 9.88 Å². The summed E-state index contributed by atoms with van der Waals surface area (Å²) in [4.78, 5) is 46.9. The smallest absolute Gasteiger partial charge is 0.354 e. The molecule has 7 heteroatoms. The van der Waals surface area contributed by atoms with Crippen molar-refractivity contribution in [2.75, 3.05) is 25.1 Å². The summed E-state index contributed by atoms with van der Waals surface area (Å²) < 4.78 is 5.12. The Bertz CT molecular complexity index is 1330. The molecule has 1 unspecified atom stereocenters. The maximum Gasteiger partial charge on any atom is 0.354 e. The summed E-state index contributed by atoms with van der Waals surface area (Å²) in [5.41, 5.74) is 2.99. The molecule has 3 aromatic rings. The van der Waals surface area contributed by atoms with Gasteiger partial charge in [0.25, 0.3) is 0 Å². The van der Waals surface area contributed by atoms with Gasteiger partial charge in [0.1, 0.15) is 11.7 Å². The first-order valence-corrected chi connectivity index (χ1v) is 14.3. The lowest BCUT2D eigenvalue weighted by Gasteiger charge is -2.35. The zero-order chi connectivity index (χ0) is 27.5. The molecule has 39 heavy (non-hydrogen) atoms. The summed E-state index contributed by atoms with van der Waals surface area (Å²) in [5.74, 6) is 0.302. The number of nitrogens with zero attached hydrogens (tertiary/aromatic N) is 2. The van der Waals surface area contributed by atoms with Gasteiger partial charge in [0.15, 0.2) is 0 Å². The minimum Gasteiger partial charge on any atom is -0.461 e. The number of ether oxygens (including phenoxy) is 1. The van der Waals surface area contributed by atoms with Crippen molar-refractivity contribution < 1.29 is 19.1 Å². The van der Waals surface area contributed by atoms with Gasteiger partial charge in [0.2, 0.25) is 11.8 Å². The molecule has 7 nitrogen and oxygen atoms in total. The highest BCUT2D eigenvalue weighted by Gasteiger charge is 2.45. The van der Waals surface area contributed by atoms with Crippen molar-refractivity contribution in [2.24, 2.45) is 11.8 Å². The average Bonchev–Trinajstić information content (AvgIpc) is 3.61. The number of aromatic nitrogens is 1. The number of carbonyl (C=O) groups excluding carboxylic acids is 3. The van der Waals surface area contributed by atoms with Crippen molar-refractivity contribution in [1.29, 1.82) is 0 Å². The second kappa shape index (κ2) is 11.6. The Morgan fingerprint density at radius 3 is 2.41 bits per heavy atom. The van der Waals surface area contributed by atoms with E-state index in [-0.39, 0.29) is 23.7 Å². The van der Waals surface area contributed by atoms with Crippen LogP contribution >= 0.6 is 0 Å². The first-order valence-electron chi connectivity index (χ1n) is 14.3. The van der Waals surface area contributed by atoms with Gasteiger partial charge >= 0.3 is 5.97 Å². The SMILES string of the molecule is CCOC(=O)c1cc2cc(N(C)C(=O)[C@@H]3C(c4ccccc4)CCN3C(=O)[C@H]3CC[C@H](CC)CC3)ccc2[nH]1.